The number of aliphatic hydroxyl groups is 1. The molecule has 2 aromatic rings. The predicted molar refractivity (Wildman–Crippen MR) is 81.7 cm³/mol. The van der Waals surface area contributed by atoms with Crippen molar-refractivity contribution in [3.05, 3.63) is 59.2 Å². The predicted octanol–water partition coefficient (Wildman–Crippen LogP) is 3.95. The number of para-hydroxylation sites is 1. The van der Waals surface area contributed by atoms with Gasteiger partial charge in [-0.2, -0.15) is 0 Å². The molecule has 1 aliphatic rings. The molecule has 110 valence electrons. The molecule has 2 atom stereocenters. The van der Waals surface area contributed by atoms with Gasteiger partial charge in [0.05, 0.1) is 12.7 Å². The largest absolute Gasteiger partial charge is 0.493 e. The van der Waals surface area contributed by atoms with Crippen LogP contribution in [0, 0.1) is 6.92 Å². The van der Waals surface area contributed by atoms with Crippen LogP contribution in [0.2, 0.25) is 0 Å². The third-order valence-electron chi connectivity index (χ3n) is 3.80. The molecule has 0 bridgehead atoms. The van der Waals surface area contributed by atoms with E-state index in [1.807, 2.05) is 56.3 Å². The molecule has 3 rings (SSSR count). The van der Waals surface area contributed by atoms with Gasteiger partial charge in [0, 0.05) is 17.5 Å². The summed E-state index contributed by atoms with van der Waals surface area (Å²) in [5.74, 6) is 1.59. The second-order valence-corrected chi connectivity index (χ2v) is 5.37. The molecule has 3 nitrogen and oxygen atoms in total. The summed E-state index contributed by atoms with van der Waals surface area (Å²) in [5.41, 5.74) is 2.99. The van der Waals surface area contributed by atoms with E-state index < -0.39 is 6.10 Å². The summed E-state index contributed by atoms with van der Waals surface area (Å²) < 4.78 is 11.8. The first kappa shape index (κ1) is 14.0. The number of hydrogen-bond donors (Lipinski definition) is 1. The normalized spacial score (nSPS) is 20.5. The molecule has 0 aliphatic carbocycles. The number of rotatable bonds is 3. The van der Waals surface area contributed by atoms with Gasteiger partial charge in [0.1, 0.15) is 17.6 Å². The van der Waals surface area contributed by atoms with Crippen molar-refractivity contribution >= 4 is 0 Å². The Hall–Kier alpha value is -2.00. The molecule has 0 aromatic heterocycles. The molecule has 2 unspecified atom stereocenters. The Labute approximate surface area is 125 Å². The van der Waals surface area contributed by atoms with Gasteiger partial charge in [-0.25, -0.2) is 0 Å². The Morgan fingerprint density at radius 2 is 2.00 bits per heavy atom. The molecule has 21 heavy (non-hydrogen) atoms. The lowest BCUT2D eigenvalue weighted by Gasteiger charge is -2.31. The second-order valence-electron chi connectivity index (χ2n) is 5.37. The van der Waals surface area contributed by atoms with Crippen molar-refractivity contribution in [1.82, 2.24) is 0 Å². The Morgan fingerprint density at radius 1 is 1.19 bits per heavy atom. The van der Waals surface area contributed by atoms with Crippen LogP contribution in [0.4, 0.5) is 0 Å². The summed E-state index contributed by atoms with van der Waals surface area (Å²) in [6.07, 6.45) is -0.146. The summed E-state index contributed by atoms with van der Waals surface area (Å²) >= 11 is 0. The van der Waals surface area contributed by atoms with Crippen LogP contribution in [0.1, 0.15) is 42.2 Å². The SMILES string of the molecule is CCOc1ccccc1C1CC(O)c2cc(C)ccc2O1. The molecule has 0 spiro atoms. The molecule has 0 saturated heterocycles. The first-order valence-corrected chi connectivity index (χ1v) is 7.36. The van der Waals surface area contributed by atoms with Gasteiger partial charge in [0.15, 0.2) is 0 Å². The Bertz CT molecular complexity index is 636. The van der Waals surface area contributed by atoms with Crippen molar-refractivity contribution in [2.24, 2.45) is 0 Å². The van der Waals surface area contributed by atoms with Crippen LogP contribution >= 0.6 is 0 Å². The fourth-order valence-corrected chi connectivity index (χ4v) is 2.79. The number of fused-ring (bicyclic) bond motifs is 1. The monoisotopic (exact) mass is 284 g/mol. The Kier molecular flexibility index (Phi) is 3.84. The third-order valence-corrected chi connectivity index (χ3v) is 3.80. The van der Waals surface area contributed by atoms with E-state index in [2.05, 4.69) is 0 Å². The van der Waals surface area contributed by atoms with Crippen molar-refractivity contribution in [2.45, 2.75) is 32.5 Å². The van der Waals surface area contributed by atoms with Crippen molar-refractivity contribution in [2.75, 3.05) is 6.61 Å². The summed E-state index contributed by atoms with van der Waals surface area (Å²) in [5, 5.41) is 10.4. The third kappa shape index (κ3) is 2.74. The molecule has 1 N–H and O–H groups in total. The van der Waals surface area contributed by atoms with Crippen LogP contribution in [-0.2, 0) is 0 Å². The highest BCUT2D eigenvalue weighted by Gasteiger charge is 2.29. The first-order chi connectivity index (χ1) is 10.2. The van der Waals surface area contributed by atoms with Gasteiger partial charge in [-0.15, -0.1) is 0 Å². The highest BCUT2D eigenvalue weighted by Crippen LogP contribution is 2.43. The smallest absolute Gasteiger partial charge is 0.130 e. The Balaban J connectivity index is 1.94. The molecule has 0 fully saturated rings. The fraction of sp³-hybridized carbons (Fsp3) is 0.333. The van der Waals surface area contributed by atoms with Gasteiger partial charge in [-0.3, -0.25) is 0 Å². The number of ether oxygens (including phenoxy) is 2. The van der Waals surface area contributed by atoms with Crippen LogP contribution in [0.25, 0.3) is 0 Å². The minimum absolute atomic E-state index is 0.182. The maximum absolute atomic E-state index is 10.4. The average molecular weight is 284 g/mol. The van der Waals surface area contributed by atoms with E-state index in [-0.39, 0.29) is 6.10 Å². The zero-order valence-corrected chi connectivity index (χ0v) is 12.4. The van der Waals surface area contributed by atoms with Crippen LogP contribution in [0.15, 0.2) is 42.5 Å². The number of hydrogen-bond acceptors (Lipinski definition) is 3. The second kappa shape index (κ2) is 5.78. The molecule has 0 saturated carbocycles. The van der Waals surface area contributed by atoms with E-state index in [0.29, 0.717) is 13.0 Å². The summed E-state index contributed by atoms with van der Waals surface area (Å²) in [4.78, 5) is 0. The minimum Gasteiger partial charge on any atom is -0.493 e. The van der Waals surface area contributed by atoms with E-state index in [0.717, 1.165) is 28.2 Å². The highest BCUT2D eigenvalue weighted by molar-refractivity contribution is 5.43. The standard InChI is InChI=1S/C18H20O3/c1-3-20-16-7-5-4-6-13(16)18-11-15(19)14-10-12(2)8-9-17(14)21-18/h4-10,15,18-19H,3,11H2,1-2H3. The lowest BCUT2D eigenvalue weighted by molar-refractivity contribution is 0.0642. The van der Waals surface area contributed by atoms with Gasteiger partial charge in [-0.1, -0.05) is 29.8 Å². The lowest BCUT2D eigenvalue weighted by Crippen LogP contribution is -2.19. The zero-order chi connectivity index (χ0) is 14.8. The lowest BCUT2D eigenvalue weighted by atomic mass is 9.93. The zero-order valence-electron chi connectivity index (χ0n) is 12.4. The topological polar surface area (TPSA) is 38.7 Å². The van der Waals surface area contributed by atoms with Gasteiger partial charge in [0.25, 0.3) is 0 Å². The van der Waals surface area contributed by atoms with Gasteiger partial charge < -0.3 is 14.6 Å². The van der Waals surface area contributed by atoms with Crippen LogP contribution in [-0.4, -0.2) is 11.7 Å². The van der Waals surface area contributed by atoms with Crippen molar-refractivity contribution in [3.63, 3.8) is 0 Å². The first-order valence-electron chi connectivity index (χ1n) is 7.36. The number of aryl methyl sites for hydroxylation is 1. The molecular formula is C18H20O3. The molecule has 0 radical (unpaired) electrons. The maximum atomic E-state index is 10.4. The van der Waals surface area contributed by atoms with Crippen LogP contribution in [0.5, 0.6) is 11.5 Å². The molecule has 0 amide bonds. The van der Waals surface area contributed by atoms with E-state index in [9.17, 15) is 5.11 Å². The van der Waals surface area contributed by atoms with Crippen LogP contribution < -0.4 is 9.47 Å². The van der Waals surface area contributed by atoms with Gasteiger partial charge in [-0.05, 0) is 32.0 Å². The molecule has 1 heterocycles. The summed E-state index contributed by atoms with van der Waals surface area (Å²) in [6, 6.07) is 13.8. The average Bonchev–Trinajstić information content (AvgIpc) is 2.49. The van der Waals surface area contributed by atoms with Crippen LogP contribution in [0.3, 0.4) is 0 Å². The quantitative estimate of drug-likeness (QED) is 0.927. The van der Waals surface area contributed by atoms with E-state index in [1.54, 1.807) is 0 Å². The maximum Gasteiger partial charge on any atom is 0.130 e. The summed E-state index contributed by atoms with van der Waals surface area (Å²) in [6.45, 7) is 4.59. The van der Waals surface area contributed by atoms with Crippen molar-refractivity contribution in [1.29, 1.82) is 0 Å². The van der Waals surface area contributed by atoms with Crippen molar-refractivity contribution < 1.29 is 14.6 Å². The van der Waals surface area contributed by atoms with Crippen molar-refractivity contribution in [3.8, 4) is 11.5 Å². The highest BCUT2D eigenvalue weighted by atomic mass is 16.5. The molecule has 3 heteroatoms. The fourth-order valence-electron chi connectivity index (χ4n) is 2.79. The minimum atomic E-state index is -0.506. The molecule has 2 aromatic carbocycles. The molecule has 1 aliphatic heterocycles. The van der Waals surface area contributed by atoms with E-state index in [4.69, 9.17) is 9.47 Å². The van der Waals surface area contributed by atoms with Gasteiger partial charge in [0.2, 0.25) is 0 Å². The Morgan fingerprint density at radius 3 is 2.81 bits per heavy atom. The molecular weight excluding hydrogens is 264 g/mol. The van der Waals surface area contributed by atoms with E-state index >= 15 is 0 Å². The van der Waals surface area contributed by atoms with E-state index in [1.165, 1.54) is 0 Å². The van der Waals surface area contributed by atoms with Gasteiger partial charge >= 0.3 is 0 Å². The number of benzene rings is 2. The summed E-state index contributed by atoms with van der Waals surface area (Å²) in [7, 11) is 0. The number of aliphatic hydroxyl groups excluding tert-OH is 1.